The molecule has 1 amide bonds. The molecule has 0 heterocycles. The molecule has 0 saturated carbocycles. The second-order valence-corrected chi connectivity index (χ2v) is 4.95. The van der Waals surface area contributed by atoms with Gasteiger partial charge in [0.15, 0.2) is 0 Å². The summed E-state index contributed by atoms with van der Waals surface area (Å²) >= 11 is 5.96. The van der Waals surface area contributed by atoms with Gasteiger partial charge in [0.2, 0.25) is 0 Å². The lowest BCUT2D eigenvalue weighted by atomic mass is 10.1. The van der Waals surface area contributed by atoms with E-state index in [0.29, 0.717) is 0 Å². The van der Waals surface area contributed by atoms with Crippen molar-refractivity contribution in [2.45, 2.75) is 19.2 Å². The molecule has 1 aromatic carbocycles. The van der Waals surface area contributed by atoms with Crippen LogP contribution in [0.5, 0.6) is 0 Å². The molecular weight excluding hydrogens is 275 g/mol. The van der Waals surface area contributed by atoms with Gasteiger partial charge in [-0.25, -0.2) is 4.39 Å². The number of alkyl halides is 1. The summed E-state index contributed by atoms with van der Waals surface area (Å²) in [6.45, 7) is 4.00. The van der Waals surface area contributed by atoms with Gasteiger partial charge in [-0.2, -0.15) is 0 Å². The van der Waals surface area contributed by atoms with Crippen LogP contribution in [0.4, 0.5) is 10.1 Å². The van der Waals surface area contributed by atoms with Gasteiger partial charge in [0, 0.05) is 12.6 Å². The van der Waals surface area contributed by atoms with Gasteiger partial charge in [0.1, 0.15) is 5.82 Å². The first kappa shape index (κ1) is 15.4. The summed E-state index contributed by atoms with van der Waals surface area (Å²) in [4.78, 5) is 21.4. The summed E-state index contributed by atoms with van der Waals surface area (Å²) in [7, 11) is 0. The molecule has 0 aliphatic heterocycles. The Morgan fingerprint density at radius 3 is 2.63 bits per heavy atom. The van der Waals surface area contributed by atoms with E-state index in [1.807, 2.05) is 13.8 Å². The third-order valence-electron chi connectivity index (χ3n) is 2.59. The van der Waals surface area contributed by atoms with Crippen LogP contribution in [-0.2, 0) is 0 Å². The smallest absolute Gasteiger partial charge is 0.272 e. The molecule has 19 heavy (non-hydrogen) atoms. The van der Waals surface area contributed by atoms with Crippen LogP contribution in [0.2, 0.25) is 0 Å². The number of benzene rings is 1. The van der Waals surface area contributed by atoms with Gasteiger partial charge >= 0.3 is 0 Å². The lowest BCUT2D eigenvalue weighted by Gasteiger charge is -2.14. The van der Waals surface area contributed by atoms with E-state index in [4.69, 9.17) is 11.6 Å². The van der Waals surface area contributed by atoms with Crippen molar-refractivity contribution >= 4 is 23.2 Å². The summed E-state index contributed by atoms with van der Waals surface area (Å²) in [5, 5.41) is 12.7. The third-order valence-corrected chi connectivity index (χ3v) is 3.25. The van der Waals surface area contributed by atoms with Crippen LogP contribution in [0.3, 0.4) is 0 Å². The number of hydrogen-bond acceptors (Lipinski definition) is 3. The first-order valence-corrected chi connectivity index (χ1v) is 6.12. The van der Waals surface area contributed by atoms with Crippen molar-refractivity contribution < 1.29 is 14.1 Å². The van der Waals surface area contributed by atoms with Gasteiger partial charge in [0.05, 0.1) is 21.9 Å². The molecule has 1 aromatic rings. The van der Waals surface area contributed by atoms with Crippen LogP contribution < -0.4 is 5.32 Å². The summed E-state index contributed by atoms with van der Waals surface area (Å²) in [6, 6.07) is 2.88. The molecular formula is C12H14ClFN2O3. The average molecular weight is 289 g/mol. The van der Waals surface area contributed by atoms with Crippen molar-refractivity contribution in [1.82, 2.24) is 5.32 Å². The molecule has 1 rings (SSSR count). The topological polar surface area (TPSA) is 72.2 Å². The van der Waals surface area contributed by atoms with Crippen LogP contribution in [0.15, 0.2) is 18.2 Å². The minimum Gasteiger partial charge on any atom is -0.350 e. The van der Waals surface area contributed by atoms with E-state index < -0.39 is 22.3 Å². The number of non-ortho nitro benzene ring substituents is 1. The van der Waals surface area contributed by atoms with Crippen molar-refractivity contribution in [2.24, 2.45) is 5.92 Å². The predicted octanol–water partition coefficient (Wildman–Crippen LogP) is 2.73. The number of halogens is 2. The van der Waals surface area contributed by atoms with Crippen LogP contribution in [-0.4, -0.2) is 22.8 Å². The van der Waals surface area contributed by atoms with Crippen LogP contribution in [0.25, 0.3) is 0 Å². The number of carbonyl (C=O) groups is 1. The summed E-state index contributed by atoms with van der Waals surface area (Å²) < 4.78 is 13.5. The molecule has 0 saturated heterocycles. The van der Waals surface area contributed by atoms with Gasteiger partial charge in [-0.1, -0.05) is 13.8 Å². The number of nitrogens with zero attached hydrogens (tertiary/aromatic N) is 1. The number of amides is 1. The zero-order valence-corrected chi connectivity index (χ0v) is 11.3. The zero-order chi connectivity index (χ0) is 14.6. The van der Waals surface area contributed by atoms with E-state index >= 15 is 0 Å². The second kappa shape index (κ2) is 6.47. The Labute approximate surface area is 114 Å². The van der Waals surface area contributed by atoms with Crippen molar-refractivity contribution in [3.8, 4) is 0 Å². The Morgan fingerprint density at radius 2 is 2.16 bits per heavy atom. The van der Waals surface area contributed by atoms with Gasteiger partial charge in [-0.15, -0.1) is 11.6 Å². The van der Waals surface area contributed by atoms with Crippen molar-refractivity contribution in [3.05, 3.63) is 39.7 Å². The monoisotopic (exact) mass is 288 g/mol. The maximum atomic E-state index is 13.5. The molecule has 1 atom stereocenters. The molecule has 7 heteroatoms. The SMILES string of the molecule is CC(C)C(Cl)CNC(=O)c1ccc([N+](=O)[O-])cc1F. The largest absolute Gasteiger partial charge is 0.350 e. The maximum Gasteiger partial charge on any atom is 0.272 e. The molecule has 1 N–H and O–H groups in total. The summed E-state index contributed by atoms with van der Waals surface area (Å²) in [5.74, 6) is -1.40. The number of rotatable bonds is 5. The normalized spacial score (nSPS) is 12.3. The minimum atomic E-state index is -0.928. The molecule has 104 valence electrons. The quantitative estimate of drug-likeness (QED) is 0.514. The fourth-order valence-electron chi connectivity index (χ4n) is 1.32. The first-order chi connectivity index (χ1) is 8.82. The number of carbonyl (C=O) groups excluding carboxylic acids is 1. The van der Waals surface area contributed by atoms with E-state index in [2.05, 4.69) is 5.32 Å². The van der Waals surface area contributed by atoms with E-state index in [1.165, 1.54) is 0 Å². The number of nitrogens with one attached hydrogen (secondary N) is 1. The van der Waals surface area contributed by atoms with Crippen molar-refractivity contribution in [3.63, 3.8) is 0 Å². The molecule has 0 aliphatic carbocycles. The molecule has 0 spiro atoms. The highest BCUT2D eigenvalue weighted by atomic mass is 35.5. The van der Waals surface area contributed by atoms with E-state index in [9.17, 15) is 19.3 Å². The van der Waals surface area contributed by atoms with Gasteiger partial charge in [-0.05, 0) is 12.0 Å². The van der Waals surface area contributed by atoms with Gasteiger partial charge in [-0.3, -0.25) is 14.9 Å². The van der Waals surface area contributed by atoms with E-state index in [1.54, 1.807) is 0 Å². The number of nitro groups is 1. The summed E-state index contributed by atoms with van der Waals surface area (Å²) in [6.07, 6.45) is 0. The van der Waals surface area contributed by atoms with Crippen molar-refractivity contribution in [1.29, 1.82) is 0 Å². The fourth-order valence-corrected chi connectivity index (χ4v) is 1.40. The number of nitro benzene ring substituents is 1. The lowest BCUT2D eigenvalue weighted by Crippen LogP contribution is -2.32. The molecule has 0 bridgehead atoms. The Balaban J connectivity index is 2.75. The van der Waals surface area contributed by atoms with Gasteiger partial charge in [0.25, 0.3) is 11.6 Å². The first-order valence-electron chi connectivity index (χ1n) is 5.69. The van der Waals surface area contributed by atoms with E-state index in [-0.39, 0.29) is 23.4 Å². The highest BCUT2D eigenvalue weighted by molar-refractivity contribution is 6.21. The average Bonchev–Trinajstić information content (AvgIpc) is 2.34. The minimum absolute atomic E-state index is 0.170. The zero-order valence-electron chi connectivity index (χ0n) is 10.5. The third kappa shape index (κ3) is 4.17. The Bertz CT molecular complexity index is 494. The summed E-state index contributed by atoms with van der Waals surface area (Å²) in [5.41, 5.74) is -0.635. The fraction of sp³-hybridized carbons (Fsp3) is 0.417. The molecule has 0 fully saturated rings. The Hall–Kier alpha value is -1.69. The van der Waals surface area contributed by atoms with Gasteiger partial charge < -0.3 is 5.32 Å². The standard InChI is InChI=1S/C12H14ClFN2O3/c1-7(2)10(13)6-15-12(17)9-4-3-8(16(18)19)5-11(9)14/h3-5,7,10H,6H2,1-2H3,(H,15,17). The highest BCUT2D eigenvalue weighted by Crippen LogP contribution is 2.16. The Kier molecular flexibility index (Phi) is 5.23. The van der Waals surface area contributed by atoms with Crippen molar-refractivity contribution in [2.75, 3.05) is 6.54 Å². The molecule has 1 unspecified atom stereocenters. The molecule has 0 radical (unpaired) electrons. The second-order valence-electron chi connectivity index (χ2n) is 4.39. The predicted molar refractivity (Wildman–Crippen MR) is 69.9 cm³/mol. The molecule has 0 aliphatic rings. The highest BCUT2D eigenvalue weighted by Gasteiger charge is 2.17. The lowest BCUT2D eigenvalue weighted by molar-refractivity contribution is -0.385. The van der Waals surface area contributed by atoms with E-state index in [0.717, 1.165) is 18.2 Å². The van der Waals surface area contributed by atoms with Crippen LogP contribution >= 0.6 is 11.6 Å². The molecule has 0 aromatic heterocycles. The Morgan fingerprint density at radius 1 is 1.53 bits per heavy atom. The number of hydrogen-bond donors (Lipinski definition) is 1. The molecule has 5 nitrogen and oxygen atoms in total. The maximum absolute atomic E-state index is 13.5. The van der Waals surface area contributed by atoms with Crippen LogP contribution in [0.1, 0.15) is 24.2 Å². The van der Waals surface area contributed by atoms with Crippen LogP contribution in [0, 0.1) is 21.8 Å².